The van der Waals surface area contributed by atoms with Crippen LogP contribution in [0.1, 0.15) is 35.2 Å². The molecule has 0 amide bonds. The number of hydrogen-bond donors (Lipinski definition) is 0. The van der Waals surface area contributed by atoms with Crippen molar-refractivity contribution >= 4 is 56.6 Å². The number of benzene rings is 4. The average Bonchev–Trinajstić information content (AvgIpc) is 3.35. The van der Waals surface area contributed by atoms with Crippen LogP contribution < -0.4 is 19.6 Å². The molecule has 0 fully saturated rings. The second-order valence-corrected chi connectivity index (χ2v) is 12.2. The Morgan fingerprint density at radius 3 is 2.39 bits per heavy atom. The number of nitrogens with zero attached hydrogens (tertiary/aromatic N) is 2. The van der Waals surface area contributed by atoms with Crippen molar-refractivity contribution in [3.63, 3.8) is 0 Å². The third-order valence-corrected chi connectivity index (χ3v) is 8.90. The van der Waals surface area contributed by atoms with Gasteiger partial charge in [-0.1, -0.05) is 102 Å². The van der Waals surface area contributed by atoms with Crippen molar-refractivity contribution in [1.29, 1.82) is 0 Å². The van der Waals surface area contributed by atoms with E-state index in [2.05, 4.69) is 15.9 Å². The monoisotopic (exact) mass is 684 g/mol. The number of aromatic nitrogens is 1. The van der Waals surface area contributed by atoms with Crippen molar-refractivity contribution < 1.29 is 14.3 Å². The lowest BCUT2D eigenvalue weighted by molar-refractivity contribution is -0.138. The van der Waals surface area contributed by atoms with Crippen LogP contribution in [-0.2, 0) is 16.1 Å². The van der Waals surface area contributed by atoms with Crippen LogP contribution in [0.2, 0.25) is 5.02 Å². The summed E-state index contributed by atoms with van der Waals surface area (Å²) < 4.78 is 14.3. The molecule has 1 atom stereocenters. The Balaban J connectivity index is 1.47. The minimum absolute atomic E-state index is 0.183. The van der Waals surface area contributed by atoms with Gasteiger partial charge >= 0.3 is 5.97 Å². The van der Waals surface area contributed by atoms with E-state index in [1.54, 1.807) is 23.6 Å². The molecule has 0 N–H and O–H groups in total. The summed E-state index contributed by atoms with van der Waals surface area (Å²) in [5, 5.41) is 0.549. The molecular formula is C35H26BrClN2O4S. The lowest BCUT2D eigenvalue weighted by atomic mass is 9.93. The molecule has 4 aromatic carbocycles. The summed E-state index contributed by atoms with van der Waals surface area (Å²) in [4.78, 5) is 33.0. The molecule has 44 heavy (non-hydrogen) atoms. The van der Waals surface area contributed by atoms with Gasteiger partial charge in [-0.2, -0.15) is 0 Å². The third kappa shape index (κ3) is 6.19. The number of carbonyl (C=O) groups excluding carboxylic acids is 1. The minimum atomic E-state index is -0.763. The molecule has 1 aliphatic rings. The molecule has 0 aliphatic carbocycles. The predicted molar refractivity (Wildman–Crippen MR) is 177 cm³/mol. The fourth-order valence-corrected chi connectivity index (χ4v) is 6.65. The number of esters is 1. The first-order chi connectivity index (χ1) is 21.4. The van der Waals surface area contributed by atoms with Gasteiger partial charge in [0, 0.05) is 10.6 Å². The molecule has 0 spiro atoms. The largest absolute Gasteiger partial charge is 0.488 e. The maximum Gasteiger partial charge on any atom is 0.338 e. The van der Waals surface area contributed by atoms with Crippen LogP contribution >= 0.6 is 38.9 Å². The maximum atomic E-state index is 14.1. The lowest BCUT2D eigenvalue weighted by Crippen LogP contribution is -2.40. The summed E-state index contributed by atoms with van der Waals surface area (Å²) >= 11 is 11.1. The van der Waals surface area contributed by atoms with Crippen molar-refractivity contribution in [3.05, 3.63) is 160 Å². The molecular weight excluding hydrogens is 660 g/mol. The minimum Gasteiger partial charge on any atom is -0.488 e. The molecule has 0 unspecified atom stereocenters. The summed E-state index contributed by atoms with van der Waals surface area (Å²) in [6.07, 6.45) is 1.82. The summed E-state index contributed by atoms with van der Waals surface area (Å²) in [5.41, 5.74) is 3.85. The Bertz CT molecular complexity index is 2040. The van der Waals surface area contributed by atoms with E-state index in [-0.39, 0.29) is 12.2 Å². The van der Waals surface area contributed by atoms with Crippen LogP contribution in [0, 0.1) is 0 Å². The fraction of sp³-hybridized carbons (Fsp3) is 0.114. The zero-order chi connectivity index (χ0) is 30.6. The number of rotatable bonds is 8. The molecule has 0 radical (unpaired) electrons. The van der Waals surface area contributed by atoms with Gasteiger partial charge in [0.15, 0.2) is 4.80 Å². The summed E-state index contributed by atoms with van der Waals surface area (Å²) in [6.45, 7) is 2.38. The molecule has 2 heterocycles. The highest BCUT2D eigenvalue weighted by Crippen LogP contribution is 2.35. The standard InChI is InChI=1S/C35H26BrClN2O4S/c1-2-42-34(41)30-31(24-11-7-4-8-12-24)38-35-39(32(30)25-14-16-26(37)17-15-25)33(40)29(44-35)20-23-13-18-28(27(36)19-23)43-21-22-9-5-3-6-10-22/h3-20,32H,2,21H2,1H3/t32-/m1/s1. The van der Waals surface area contributed by atoms with Gasteiger partial charge < -0.3 is 9.47 Å². The second-order valence-electron chi connectivity index (χ2n) is 9.95. The van der Waals surface area contributed by atoms with Gasteiger partial charge in [0.05, 0.1) is 32.9 Å². The molecule has 1 aliphatic heterocycles. The van der Waals surface area contributed by atoms with E-state index in [1.165, 1.54) is 11.3 Å². The van der Waals surface area contributed by atoms with E-state index in [0.29, 0.717) is 38.0 Å². The normalized spacial score (nSPS) is 14.6. The SMILES string of the molecule is CCOC(=O)C1=C(c2ccccc2)N=c2sc(=Cc3ccc(OCc4ccccc4)c(Br)c3)c(=O)n2[C@@H]1c1ccc(Cl)cc1. The fourth-order valence-electron chi connectivity index (χ4n) is 5.01. The van der Waals surface area contributed by atoms with Gasteiger partial charge in [0.2, 0.25) is 0 Å². The number of carbonyl (C=O) groups is 1. The number of thiazole rings is 1. The Morgan fingerprint density at radius 1 is 1.00 bits per heavy atom. The van der Waals surface area contributed by atoms with Crippen LogP contribution in [0.25, 0.3) is 11.8 Å². The first kappa shape index (κ1) is 29.8. The van der Waals surface area contributed by atoms with Crippen LogP contribution in [0.5, 0.6) is 5.75 Å². The molecule has 0 saturated heterocycles. The number of halogens is 2. The van der Waals surface area contributed by atoms with E-state index in [0.717, 1.165) is 26.7 Å². The molecule has 1 aromatic heterocycles. The Kier molecular flexibility index (Phi) is 8.93. The van der Waals surface area contributed by atoms with E-state index in [1.807, 2.05) is 97.1 Å². The quantitative estimate of drug-likeness (QED) is 0.166. The van der Waals surface area contributed by atoms with E-state index < -0.39 is 12.0 Å². The molecule has 0 saturated carbocycles. The number of ether oxygens (including phenoxy) is 2. The van der Waals surface area contributed by atoms with E-state index >= 15 is 0 Å². The molecule has 9 heteroatoms. The van der Waals surface area contributed by atoms with Crippen LogP contribution in [0.4, 0.5) is 0 Å². The second kappa shape index (κ2) is 13.2. The van der Waals surface area contributed by atoms with Crippen molar-refractivity contribution in [1.82, 2.24) is 4.57 Å². The van der Waals surface area contributed by atoms with Gasteiger partial charge in [-0.15, -0.1) is 0 Å². The van der Waals surface area contributed by atoms with Crippen LogP contribution in [0.3, 0.4) is 0 Å². The molecule has 5 aromatic rings. The van der Waals surface area contributed by atoms with Crippen molar-refractivity contribution in [3.8, 4) is 5.75 Å². The highest BCUT2D eigenvalue weighted by molar-refractivity contribution is 9.10. The Hall–Kier alpha value is -4.24. The maximum absolute atomic E-state index is 14.1. The van der Waals surface area contributed by atoms with Gasteiger partial charge in [-0.25, -0.2) is 9.79 Å². The zero-order valence-electron chi connectivity index (χ0n) is 23.6. The Morgan fingerprint density at radius 2 is 1.70 bits per heavy atom. The molecule has 0 bridgehead atoms. The highest BCUT2D eigenvalue weighted by atomic mass is 79.9. The van der Waals surface area contributed by atoms with Crippen LogP contribution in [0.15, 0.2) is 123 Å². The van der Waals surface area contributed by atoms with E-state index in [4.69, 9.17) is 26.1 Å². The number of hydrogen-bond acceptors (Lipinski definition) is 6. The van der Waals surface area contributed by atoms with E-state index in [9.17, 15) is 9.59 Å². The molecule has 6 nitrogen and oxygen atoms in total. The van der Waals surface area contributed by atoms with Gasteiger partial charge in [0.25, 0.3) is 5.56 Å². The first-order valence-corrected chi connectivity index (χ1v) is 15.9. The van der Waals surface area contributed by atoms with Gasteiger partial charge in [-0.3, -0.25) is 9.36 Å². The topological polar surface area (TPSA) is 69.9 Å². The molecule has 220 valence electrons. The van der Waals surface area contributed by atoms with Crippen molar-refractivity contribution in [2.24, 2.45) is 4.99 Å². The summed E-state index contributed by atoms with van der Waals surface area (Å²) in [5.74, 6) is 0.168. The first-order valence-electron chi connectivity index (χ1n) is 13.9. The van der Waals surface area contributed by atoms with Crippen molar-refractivity contribution in [2.45, 2.75) is 19.6 Å². The smallest absolute Gasteiger partial charge is 0.338 e. The van der Waals surface area contributed by atoms with Gasteiger partial charge in [-0.05, 0) is 69.9 Å². The molecule has 6 rings (SSSR count). The highest BCUT2D eigenvalue weighted by Gasteiger charge is 2.35. The Labute approximate surface area is 271 Å². The van der Waals surface area contributed by atoms with Crippen LogP contribution in [-0.4, -0.2) is 17.1 Å². The van der Waals surface area contributed by atoms with Crippen molar-refractivity contribution in [2.75, 3.05) is 6.61 Å². The van der Waals surface area contributed by atoms with Gasteiger partial charge in [0.1, 0.15) is 12.4 Å². The zero-order valence-corrected chi connectivity index (χ0v) is 26.7. The number of fused-ring (bicyclic) bond motifs is 1. The summed E-state index contributed by atoms with van der Waals surface area (Å²) in [7, 11) is 0. The lowest BCUT2D eigenvalue weighted by Gasteiger charge is -2.25. The predicted octanol–water partition coefficient (Wildman–Crippen LogP) is 6.93. The average molecular weight is 686 g/mol. The third-order valence-electron chi connectivity index (χ3n) is 7.05. The summed E-state index contributed by atoms with van der Waals surface area (Å²) in [6, 6.07) is 31.5.